The maximum Gasteiger partial charge on any atom is 0.332 e. The Labute approximate surface area is 89.3 Å². The van der Waals surface area contributed by atoms with Crippen LogP contribution in [0.2, 0.25) is 0 Å². The van der Waals surface area contributed by atoms with Gasteiger partial charge < -0.3 is 15.8 Å². The van der Waals surface area contributed by atoms with Gasteiger partial charge >= 0.3 is 5.97 Å². The van der Waals surface area contributed by atoms with E-state index in [1.165, 1.54) is 0 Å². The van der Waals surface area contributed by atoms with E-state index in [9.17, 15) is 9.59 Å². The molecule has 86 valence electrons. The molecule has 0 bridgehead atoms. The van der Waals surface area contributed by atoms with Gasteiger partial charge in [0.05, 0.1) is 6.61 Å². The third kappa shape index (κ3) is 2.92. The van der Waals surface area contributed by atoms with E-state index in [1.807, 2.05) is 13.8 Å². The number of hydrogen-bond donors (Lipinski definition) is 2. The third-order valence-corrected chi connectivity index (χ3v) is 2.65. The Balaban J connectivity index is 2.37. The van der Waals surface area contributed by atoms with Gasteiger partial charge in [0.25, 0.3) is 0 Å². The molecule has 15 heavy (non-hydrogen) atoms. The molecule has 2 unspecified atom stereocenters. The molecule has 1 rings (SSSR count). The lowest BCUT2D eigenvalue weighted by molar-refractivity contribution is -0.148. The molecule has 0 aromatic rings. The second kappa shape index (κ2) is 4.18. The van der Waals surface area contributed by atoms with Gasteiger partial charge in [-0.2, -0.15) is 0 Å². The van der Waals surface area contributed by atoms with Crippen molar-refractivity contribution in [1.29, 1.82) is 0 Å². The number of esters is 1. The highest BCUT2D eigenvalue weighted by molar-refractivity contribution is 6.01. The molecule has 0 heterocycles. The molecule has 0 spiro atoms. The molecule has 5 heteroatoms. The van der Waals surface area contributed by atoms with Crippen molar-refractivity contribution < 1.29 is 14.3 Å². The van der Waals surface area contributed by atoms with E-state index in [4.69, 9.17) is 5.73 Å². The van der Waals surface area contributed by atoms with Crippen molar-refractivity contribution in [3.05, 3.63) is 0 Å². The summed E-state index contributed by atoms with van der Waals surface area (Å²) < 4.78 is 4.65. The lowest BCUT2D eigenvalue weighted by atomic mass is 10.2. The number of rotatable bonds is 4. The fraction of sp³-hybridized carbons (Fsp3) is 0.800. The quantitative estimate of drug-likeness (QED) is 0.501. The molecule has 5 nitrogen and oxygen atoms in total. The smallest absolute Gasteiger partial charge is 0.332 e. The van der Waals surface area contributed by atoms with Crippen molar-refractivity contribution in [3.8, 4) is 0 Å². The van der Waals surface area contributed by atoms with Crippen molar-refractivity contribution in [2.24, 2.45) is 11.1 Å². The maximum atomic E-state index is 11.5. The molecule has 0 radical (unpaired) electrons. The van der Waals surface area contributed by atoms with Crippen LogP contribution in [0.25, 0.3) is 0 Å². The Kier molecular flexibility index (Phi) is 3.34. The van der Waals surface area contributed by atoms with Gasteiger partial charge in [-0.3, -0.25) is 4.79 Å². The van der Waals surface area contributed by atoms with E-state index in [1.54, 1.807) is 6.92 Å². The van der Waals surface area contributed by atoms with Gasteiger partial charge in [-0.1, -0.05) is 13.8 Å². The van der Waals surface area contributed by atoms with Gasteiger partial charge in [-0.25, -0.2) is 4.79 Å². The highest BCUT2D eigenvalue weighted by atomic mass is 16.5. The van der Waals surface area contributed by atoms with Crippen molar-refractivity contribution in [2.75, 3.05) is 6.61 Å². The van der Waals surface area contributed by atoms with E-state index in [2.05, 4.69) is 10.1 Å². The third-order valence-electron chi connectivity index (χ3n) is 2.65. The largest absolute Gasteiger partial charge is 0.464 e. The van der Waals surface area contributed by atoms with Crippen LogP contribution in [0.5, 0.6) is 0 Å². The summed E-state index contributed by atoms with van der Waals surface area (Å²) in [5, 5.41) is 2.72. The number of hydrogen-bond acceptors (Lipinski definition) is 4. The zero-order chi connectivity index (χ0) is 11.6. The first-order valence-electron chi connectivity index (χ1n) is 5.11. The molecule has 0 aliphatic heterocycles. The molecule has 2 atom stereocenters. The molecule has 1 fully saturated rings. The summed E-state index contributed by atoms with van der Waals surface area (Å²) in [6.07, 6.45) is 0.925. The standard InChI is InChI=1S/C10H18N2O3/c1-4-15-9(14)7(11)8(13)12-6-5-10(6,2)3/h6-7H,4-5,11H2,1-3H3,(H,12,13). The molecular weight excluding hydrogens is 196 g/mol. The predicted molar refractivity (Wildman–Crippen MR) is 54.9 cm³/mol. The topological polar surface area (TPSA) is 81.4 Å². The van der Waals surface area contributed by atoms with Crippen LogP contribution >= 0.6 is 0 Å². The van der Waals surface area contributed by atoms with Crippen LogP contribution in [0.15, 0.2) is 0 Å². The van der Waals surface area contributed by atoms with Crippen molar-refractivity contribution in [1.82, 2.24) is 5.32 Å². The number of ether oxygens (including phenoxy) is 1. The molecule has 1 saturated carbocycles. The average molecular weight is 214 g/mol. The number of amides is 1. The summed E-state index contributed by atoms with van der Waals surface area (Å²) >= 11 is 0. The number of carbonyl (C=O) groups is 2. The van der Waals surface area contributed by atoms with Crippen LogP contribution in [-0.2, 0) is 14.3 Å². The zero-order valence-corrected chi connectivity index (χ0v) is 9.37. The SMILES string of the molecule is CCOC(=O)C(N)C(=O)NC1CC1(C)C. The first-order chi connectivity index (χ1) is 6.88. The molecule has 1 aliphatic rings. The zero-order valence-electron chi connectivity index (χ0n) is 9.37. The monoisotopic (exact) mass is 214 g/mol. The maximum absolute atomic E-state index is 11.5. The van der Waals surface area contributed by atoms with E-state index < -0.39 is 17.9 Å². The molecule has 1 amide bonds. The summed E-state index contributed by atoms with van der Waals surface area (Å²) in [7, 11) is 0. The van der Waals surface area contributed by atoms with Crippen molar-refractivity contribution in [3.63, 3.8) is 0 Å². The van der Waals surface area contributed by atoms with Crippen LogP contribution in [0.4, 0.5) is 0 Å². The number of nitrogens with two attached hydrogens (primary N) is 1. The molecule has 0 aromatic carbocycles. The van der Waals surface area contributed by atoms with Crippen LogP contribution in [0.3, 0.4) is 0 Å². The Bertz CT molecular complexity index is 276. The van der Waals surface area contributed by atoms with E-state index >= 15 is 0 Å². The Morgan fingerprint density at radius 1 is 1.60 bits per heavy atom. The van der Waals surface area contributed by atoms with Gasteiger partial charge in [0, 0.05) is 6.04 Å². The molecule has 1 aliphatic carbocycles. The average Bonchev–Trinajstić information content (AvgIpc) is 2.72. The summed E-state index contributed by atoms with van der Waals surface area (Å²) in [5.74, 6) is -1.13. The van der Waals surface area contributed by atoms with Gasteiger partial charge in [-0.05, 0) is 18.8 Å². The molecular formula is C10H18N2O3. The minimum Gasteiger partial charge on any atom is -0.464 e. The van der Waals surface area contributed by atoms with Gasteiger partial charge in [0.2, 0.25) is 5.91 Å². The first kappa shape index (κ1) is 12.0. The second-order valence-corrected chi connectivity index (χ2v) is 4.48. The normalized spacial score (nSPS) is 24.1. The van der Waals surface area contributed by atoms with Crippen molar-refractivity contribution >= 4 is 11.9 Å². The Morgan fingerprint density at radius 3 is 2.53 bits per heavy atom. The molecule has 3 N–H and O–H groups in total. The van der Waals surface area contributed by atoms with Crippen LogP contribution in [-0.4, -0.2) is 30.6 Å². The van der Waals surface area contributed by atoms with Gasteiger partial charge in [0.1, 0.15) is 0 Å². The van der Waals surface area contributed by atoms with Crippen LogP contribution in [0, 0.1) is 5.41 Å². The lowest BCUT2D eigenvalue weighted by Crippen LogP contribution is -2.48. The van der Waals surface area contributed by atoms with Crippen LogP contribution in [0.1, 0.15) is 27.2 Å². The summed E-state index contributed by atoms with van der Waals surface area (Å²) in [5.41, 5.74) is 5.55. The summed E-state index contributed by atoms with van der Waals surface area (Å²) in [6, 6.07) is -1.08. The fourth-order valence-electron chi connectivity index (χ4n) is 1.31. The van der Waals surface area contributed by atoms with Gasteiger partial charge in [0.15, 0.2) is 6.04 Å². The summed E-state index contributed by atoms with van der Waals surface area (Å²) in [6.45, 7) is 6.00. The van der Waals surface area contributed by atoms with Crippen LogP contribution < -0.4 is 11.1 Å². The fourth-order valence-corrected chi connectivity index (χ4v) is 1.31. The van der Waals surface area contributed by atoms with E-state index in [0.717, 1.165) is 6.42 Å². The summed E-state index contributed by atoms with van der Waals surface area (Å²) in [4.78, 5) is 22.6. The number of carbonyl (C=O) groups excluding carboxylic acids is 2. The predicted octanol–water partition coefficient (Wildman–Crippen LogP) is -0.208. The Morgan fingerprint density at radius 2 is 2.13 bits per heavy atom. The van der Waals surface area contributed by atoms with Crippen molar-refractivity contribution in [2.45, 2.75) is 39.3 Å². The first-order valence-corrected chi connectivity index (χ1v) is 5.11. The minimum absolute atomic E-state index is 0.129. The van der Waals surface area contributed by atoms with E-state index in [0.29, 0.717) is 0 Å². The molecule has 0 saturated heterocycles. The number of nitrogens with one attached hydrogen (secondary N) is 1. The molecule has 0 aromatic heterocycles. The minimum atomic E-state index is -1.21. The lowest BCUT2D eigenvalue weighted by Gasteiger charge is -2.11. The highest BCUT2D eigenvalue weighted by Gasteiger charge is 2.47. The second-order valence-electron chi connectivity index (χ2n) is 4.48. The highest BCUT2D eigenvalue weighted by Crippen LogP contribution is 2.44. The van der Waals surface area contributed by atoms with E-state index in [-0.39, 0.29) is 18.1 Å². The Hall–Kier alpha value is -1.10. The van der Waals surface area contributed by atoms with Gasteiger partial charge in [-0.15, -0.1) is 0 Å².